The molecule has 0 aromatic carbocycles. The zero-order valence-electron chi connectivity index (χ0n) is 12.2. The molecule has 2 heterocycles. The van der Waals surface area contributed by atoms with Gasteiger partial charge in [0, 0.05) is 31.5 Å². The van der Waals surface area contributed by atoms with E-state index in [1.807, 2.05) is 17.5 Å². The average Bonchev–Trinajstić information content (AvgIpc) is 2.98. The summed E-state index contributed by atoms with van der Waals surface area (Å²) in [6, 6.07) is 3.99. The molecule has 0 spiro atoms. The molecule has 1 amide bonds. The van der Waals surface area contributed by atoms with Crippen molar-refractivity contribution in [3.8, 4) is 0 Å². The molecule has 116 valence electrons. The molecule has 6 heteroatoms. The van der Waals surface area contributed by atoms with Gasteiger partial charge in [0.05, 0.1) is 6.61 Å². The Morgan fingerprint density at radius 2 is 2.33 bits per heavy atom. The van der Waals surface area contributed by atoms with Gasteiger partial charge in [0.2, 0.25) is 5.91 Å². The fourth-order valence-corrected chi connectivity index (χ4v) is 3.53. The van der Waals surface area contributed by atoms with Crippen molar-refractivity contribution in [2.24, 2.45) is 5.41 Å². The molecule has 1 aliphatic rings. The first-order chi connectivity index (χ1) is 10.1. The fraction of sp³-hybridized carbons (Fsp3) is 0.600. The second-order valence-corrected chi connectivity index (χ2v) is 6.55. The lowest BCUT2D eigenvalue weighted by atomic mass is 9.80. The molecule has 1 unspecified atom stereocenters. The van der Waals surface area contributed by atoms with E-state index in [1.54, 1.807) is 16.2 Å². The molecule has 2 rings (SSSR count). The van der Waals surface area contributed by atoms with Crippen molar-refractivity contribution in [1.29, 1.82) is 0 Å². The van der Waals surface area contributed by atoms with Crippen LogP contribution in [-0.4, -0.2) is 48.7 Å². The van der Waals surface area contributed by atoms with Crippen LogP contribution in [0.1, 0.15) is 24.1 Å². The van der Waals surface area contributed by atoms with Crippen molar-refractivity contribution in [2.75, 3.05) is 26.8 Å². The number of nitrogens with zero attached hydrogens (tertiary/aromatic N) is 1. The summed E-state index contributed by atoms with van der Waals surface area (Å²) in [5, 5.41) is 11.5. The number of aliphatic carboxylic acids is 1. The summed E-state index contributed by atoms with van der Waals surface area (Å²) in [5.74, 6) is -0.843. The Bertz CT molecular complexity index is 484. The molecule has 0 bridgehead atoms. The van der Waals surface area contributed by atoms with Crippen LogP contribution < -0.4 is 0 Å². The Morgan fingerprint density at radius 1 is 1.52 bits per heavy atom. The monoisotopic (exact) mass is 311 g/mol. The van der Waals surface area contributed by atoms with Crippen LogP contribution >= 0.6 is 11.3 Å². The van der Waals surface area contributed by atoms with Crippen LogP contribution in [0, 0.1) is 5.41 Å². The number of carboxylic acid groups (broad SMARTS) is 1. The summed E-state index contributed by atoms with van der Waals surface area (Å²) in [6.45, 7) is 1.04. The number of likely N-dealkylation sites (tertiary alicyclic amines) is 1. The standard InChI is InChI=1S/C15H21NO4S/c1-20-11-15(14(18)19)7-3-8-16(10-15)13(17)6-5-12-4-2-9-21-12/h2,4,9H,3,5-8,10-11H2,1H3,(H,18,19). The largest absolute Gasteiger partial charge is 0.481 e. The Balaban J connectivity index is 1.96. The van der Waals surface area contributed by atoms with E-state index in [4.69, 9.17) is 4.74 Å². The molecule has 1 atom stereocenters. The van der Waals surface area contributed by atoms with E-state index >= 15 is 0 Å². The van der Waals surface area contributed by atoms with Gasteiger partial charge in [-0.25, -0.2) is 0 Å². The van der Waals surface area contributed by atoms with E-state index in [0.29, 0.717) is 25.8 Å². The fourth-order valence-electron chi connectivity index (χ4n) is 2.82. The molecule has 1 N–H and O–H groups in total. The average molecular weight is 311 g/mol. The number of hydrogen-bond acceptors (Lipinski definition) is 4. The number of ether oxygens (including phenoxy) is 1. The highest BCUT2D eigenvalue weighted by atomic mass is 32.1. The molecular formula is C15H21NO4S. The molecule has 1 fully saturated rings. The molecule has 1 aromatic heterocycles. The molecule has 5 nitrogen and oxygen atoms in total. The van der Waals surface area contributed by atoms with Gasteiger partial charge >= 0.3 is 5.97 Å². The van der Waals surface area contributed by atoms with E-state index < -0.39 is 11.4 Å². The minimum absolute atomic E-state index is 0.0322. The lowest BCUT2D eigenvalue weighted by Crippen LogP contribution is -2.52. The molecule has 0 aliphatic carbocycles. The SMILES string of the molecule is COCC1(C(=O)O)CCCN(C(=O)CCc2cccs2)C1. The van der Waals surface area contributed by atoms with Gasteiger partial charge in [0.1, 0.15) is 5.41 Å². The van der Waals surface area contributed by atoms with Crippen LogP contribution in [0.2, 0.25) is 0 Å². The third-order valence-corrected chi connectivity index (χ3v) is 4.91. The number of thiophene rings is 1. The van der Waals surface area contributed by atoms with Gasteiger partial charge in [-0.3, -0.25) is 9.59 Å². The van der Waals surface area contributed by atoms with E-state index in [9.17, 15) is 14.7 Å². The molecule has 1 aromatic rings. The second-order valence-electron chi connectivity index (χ2n) is 5.52. The Hall–Kier alpha value is -1.40. The highest BCUT2D eigenvalue weighted by Gasteiger charge is 2.43. The van der Waals surface area contributed by atoms with Gasteiger partial charge in [-0.15, -0.1) is 11.3 Å². The van der Waals surface area contributed by atoms with Crippen molar-refractivity contribution in [1.82, 2.24) is 4.90 Å². The maximum atomic E-state index is 12.3. The highest BCUT2D eigenvalue weighted by Crippen LogP contribution is 2.31. The zero-order chi connectivity index (χ0) is 15.3. The number of aryl methyl sites for hydroxylation is 1. The number of piperidine rings is 1. The summed E-state index contributed by atoms with van der Waals surface area (Å²) in [7, 11) is 1.50. The van der Waals surface area contributed by atoms with Crippen LogP contribution in [0.3, 0.4) is 0 Å². The molecule has 0 radical (unpaired) electrons. The quantitative estimate of drug-likeness (QED) is 0.873. The summed E-state index contributed by atoms with van der Waals surface area (Å²) < 4.78 is 5.08. The van der Waals surface area contributed by atoms with E-state index in [-0.39, 0.29) is 19.1 Å². The first-order valence-corrected chi connectivity index (χ1v) is 7.98. The van der Waals surface area contributed by atoms with Crippen molar-refractivity contribution < 1.29 is 19.4 Å². The Morgan fingerprint density at radius 3 is 2.95 bits per heavy atom. The predicted molar refractivity (Wildman–Crippen MR) is 80.4 cm³/mol. The Kier molecular flexibility index (Phi) is 5.36. The van der Waals surface area contributed by atoms with Gasteiger partial charge < -0.3 is 14.7 Å². The number of carbonyl (C=O) groups excluding carboxylic acids is 1. The summed E-state index contributed by atoms with van der Waals surface area (Å²) >= 11 is 1.64. The second kappa shape index (κ2) is 7.04. The van der Waals surface area contributed by atoms with Gasteiger partial charge in [-0.05, 0) is 30.7 Å². The van der Waals surface area contributed by atoms with Gasteiger partial charge in [-0.1, -0.05) is 6.07 Å². The number of methoxy groups -OCH3 is 1. The Labute approximate surface area is 128 Å². The lowest BCUT2D eigenvalue weighted by Gasteiger charge is -2.39. The van der Waals surface area contributed by atoms with Crippen LogP contribution in [0.25, 0.3) is 0 Å². The van der Waals surface area contributed by atoms with Crippen LogP contribution in [-0.2, 0) is 20.7 Å². The topological polar surface area (TPSA) is 66.8 Å². The van der Waals surface area contributed by atoms with Gasteiger partial charge in [-0.2, -0.15) is 0 Å². The number of rotatable bonds is 6. The van der Waals surface area contributed by atoms with Crippen molar-refractivity contribution in [2.45, 2.75) is 25.7 Å². The first kappa shape index (κ1) is 16.0. The van der Waals surface area contributed by atoms with Crippen molar-refractivity contribution in [3.05, 3.63) is 22.4 Å². The smallest absolute Gasteiger partial charge is 0.313 e. The van der Waals surface area contributed by atoms with Gasteiger partial charge in [0.15, 0.2) is 0 Å². The molecular weight excluding hydrogens is 290 g/mol. The first-order valence-electron chi connectivity index (χ1n) is 7.10. The summed E-state index contributed by atoms with van der Waals surface area (Å²) in [5.41, 5.74) is -0.953. The van der Waals surface area contributed by atoms with E-state index in [0.717, 1.165) is 6.42 Å². The maximum absolute atomic E-state index is 12.3. The third-order valence-electron chi connectivity index (χ3n) is 3.97. The number of carboxylic acids is 1. The predicted octanol–water partition coefficient (Wildman–Crippen LogP) is 2.02. The normalized spacial score (nSPS) is 22.2. The minimum Gasteiger partial charge on any atom is -0.481 e. The zero-order valence-corrected chi connectivity index (χ0v) is 13.0. The lowest BCUT2D eigenvalue weighted by molar-refractivity contribution is -0.159. The highest BCUT2D eigenvalue weighted by molar-refractivity contribution is 7.09. The van der Waals surface area contributed by atoms with E-state index in [1.165, 1.54) is 12.0 Å². The minimum atomic E-state index is -0.953. The molecule has 21 heavy (non-hydrogen) atoms. The van der Waals surface area contributed by atoms with Crippen LogP contribution in [0.5, 0.6) is 0 Å². The maximum Gasteiger partial charge on any atom is 0.313 e. The van der Waals surface area contributed by atoms with E-state index in [2.05, 4.69) is 0 Å². The molecule has 0 saturated carbocycles. The van der Waals surface area contributed by atoms with Crippen molar-refractivity contribution >= 4 is 23.2 Å². The molecule has 1 saturated heterocycles. The number of hydrogen-bond donors (Lipinski definition) is 1. The van der Waals surface area contributed by atoms with Gasteiger partial charge in [0.25, 0.3) is 0 Å². The van der Waals surface area contributed by atoms with Crippen LogP contribution in [0.15, 0.2) is 17.5 Å². The van der Waals surface area contributed by atoms with Crippen LogP contribution in [0.4, 0.5) is 0 Å². The van der Waals surface area contributed by atoms with Crippen molar-refractivity contribution in [3.63, 3.8) is 0 Å². The summed E-state index contributed by atoms with van der Waals surface area (Å²) in [6.07, 6.45) is 2.42. The number of carbonyl (C=O) groups is 2. The molecule has 1 aliphatic heterocycles. The summed E-state index contributed by atoms with van der Waals surface area (Å²) in [4.78, 5) is 26.7. The number of amides is 1. The third kappa shape index (κ3) is 3.83.